The van der Waals surface area contributed by atoms with E-state index < -0.39 is 0 Å². The van der Waals surface area contributed by atoms with E-state index in [9.17, 15) is 0 Å². The molecule has 3 heteroatoms. The Labute approximate surface area is 42.1 Å². The molecular formula is C3H8ClNO. The summed E-state index contributed by atoms with van der Waals surface area (Å²) < 4.78 is 0. The van der Waals surface area contributed by atoms with Crippen LogP contribution in [-0.4, -0.2) is 17.6 Å². The van der Waals surface area contributed by atoms with Gasteiger partial charge in [0.2, 0.25) is 0 Å². The Hall–Kier alpha value is 0.210. The highest BCUT2D eigenvalue weighted by molar-refractivity contribution is 6.17. The van der Waals surface area contributed by atoms with Gasteiger partial charge in [0, 0.05) is 12.4 Å². The molecule has 0 unspecified atom stereocenters. The van der Waals surface area contributed by atoms with Crippen LogP contribution in [0.15, 0.2) is 0 Å². The molecule has 0 aliphatic carbocycles. The molecule has 0 radical (unpaired) electrons. The van der Waals surface area contributed by atoms with E-state index in [-0.39, 0.29) is 0 Å². The number of halogens is 1. The quantitative estimate of drug-likeness (QED) is 0.316. The third kappa shape index (κ3) is 4.21. The normalized spacial score (nSPS) is 9.00. The number of hydrogen-bond donors (Lipinski definition) is 2. The highest BCUT2D eigenvalue weighted by Gasteiger charge is 1.76. The molecule has 0 bridgehead atoms. The Morgan fingerprint density at radius 1 is 1.67 bits per heavy atom. The Morgan fingerprint density at radius 2 is 2.33 bits per heavy atom. The summed E-state index contributed by atoms with van der Waals surface area (Å²) in [6.07, 6.45) is 0.818. The fourth-order valence-corrected chi connectivity index (χ4v) is 0.280. The van der Waals surface area contributed by atoms with Gasteiger partial charge < -0.3 is 5.21 Å². The number of hydroxylamine groups is 1. The Morgan fingerprint density at radius 3 is 2.50 bits per heavy atom. The summed E-state index contributed by atoms with van der Waals surface area (Å²) in [4.78, 5) is 0. The van der Waals surface area contributed by atoms with Gasteiger partial charge >= 0.3 is 0 Å². The van der Waals surface area contributed by atoms with Crippen molar-refractivity contribution < 1.29 is 5.21 Å². The summed E-state index contributed by atoms with van der Waals surface area (Å²) >= 11 is 5.23. The molecule has 0 saturated heterocycles. The van der Waals surface area contributed by atoms with Crippen molar-refractivity contribution in [1.29, 1.82) is 0 Å². The predicted molar refractivity (Wildman–Crippen MR) is 25.1 cm³/mol. The fraction of sp³-hybridized carbons (Fsp3) is 1.00. The summed E-state index contributed by atoms with van der Waals surface area (Å²) in [7, 11) is 0. The minimum atomic E-state index is 0.587. The largest absolute Gasteiger partial charge is 0.317 e. The van der Waals surface area contributed by atoms with Crippen molar-refractivity contribution in [3.05, 3.63) is 0 Å². The SMILES string of the molecule is ONCCCCl. The van der Waals surface area contributed by atoms with Crippen molar-refractivity contribution in [2.75, 3.05) is 12.4 Å². The molecular weight excluding hydrogens is 101 g/mol. The number of alkyl halides is 1. The molecule has 0 aromatic rings. The van der Waals surface area contributed by atoms with Crippen molar-refractivity contribution in [2.24, 2.45) is 0 Å². The average molecular weight is 110 g/mol. The van der Waals surface area contributed by atoms with Gasteiger partial charge in [-0.15, -0.1) is 11.6 Å². The Bertz CT molecular complexity index is 22.8. The molecule has 2 nitrogen and oxygen atoms in total. The van der Waals surface area contributed by atoms with E-state index in [1.807, 2.05) is 5.48 Å². The molecule has 0 atom stereocenters. The number of rotatable bonds is 3. The molecule has 0 aromatic carbocycles. The van der Waals surface area contributed by atoms with Gasteiger partial charge in [-0.3, -0.25) is 0 Å². The lowest BCUT2D eigenvalue weighted by Crippen LogP contribution is -2.08. The third-order valence-corrected chi connectivity index (χ3v) is 0.689. The molecule has 0 amide bonds. The molecule has 2 N–H and O–H groups in total. The van der Waals surface area contributed by atoms with Crippen LogP contribution in [0.2, 0.25) is 0 Å². The van der Waals surface area contributed by atoms with Crippen LogP contribution in [0.25, 0.3) is 0 Å². The lowest BCUT2D eigenvalue weighted by Gasteiger charge is -1.87. The molecule has 6 heavy (non-hydrogen) atoms. The van der Waals surface area contributed by atoms with E-state index in [0.29, 0.717) is 12.4 Å². The van der Waals surface area contributed by atoms with Crippen LogP contribution >= 0.6 is 11.6 Å². The zero-order chi connectivity index (χ0) is 4.83. The highest BCUT2D eigenvalue weighted by Crippen LogP contribution is 1.77. The summed E-state index contributed by atoms with van der Waals surface area (Å²) in [6.45, 7) is 0.587. The van der Waals surface area contributed by atoms with Gasteiger partial charge in [-0.2, -0.15) is 0 Å². The molecule has 38 valence electrons. The summed E-state index contributed by atoms with van der Waals surface area (Å²) in [5.41, 5.74) is 1.98. The standard InChI is InChI=1S/C3H8ClNO/c4-2-1-3-5-6/h5-6H,1-3H2. The number of hydrogen-bond acceptors (Lipinski definition) is 2. The van der Waals surface area contributed by atoms with Gasteiger partial charge in [-0.25, -0.2) is 5.48 Å². The van der Waals surface area contributed by atoms with Crippen molar-refractivity contribution >= 4 is 11.6 Å². The van der Waals surface area contributed by atoms with Crippen molar-refractivity contribution in [3.8, 4) is 0 Å². The second-order valence-electron chi connectivity index (χ2n) is 0.951. The molecule has 0 heterocycles. The van der Waals surface area contributed by atoms with Crippen LogP contribution in [0.3, 0.4) is 0 Å². The minimum absolute atomic E-state index is 0.587. The van der Waals surface area contributed by atoms with Gasteiger partial charge in [0.1, 0.15) is 0 Å². The van der Waals surface area contributed by atoms with Crippen molar-refractivity contribution in [2.45, 2.75) is 6.42 Å². The van der Waals surface area contributed by atoms with E-state index in [4.69, 9.17) is 16.8 Å². The van der Waals surface area contributed by atoms with Crippen LogP contribution in [0.5, 0.6) is 0 Å². The molecule has 0 aliphatic rings. The van der Waals surface area contributed by atoms with Crippen molar-refractivity contribution in [1.82, 2.24) is 5.48 Å². The van der Waals surface area contributed by atoms with Gasteiger partial charge in [-0.1, -0.05) is 0 Å². The molecule has 0 spiro atoms. The first-order valence-corrected chi connectivity index (χ1v) is 2.38. The lowest BCUT2D eigenvalue weighted by atomic mass is 10.5. The second-order valence-corrected chi connectivity index (χ2v) is 1.33. The van der Waals surface area contributed by atoms with E-state index in [1.54, 1.807) is 0 Å². The second kappa shape index (κ2) is 5.21. The summed E-state index contributed by atoms with van der Waals surface area (Å²) in [6, 6.07) is 0. The van der Waals surface area contributed by atoms with Gasteiger partial charge in [0.05, 0.1) is 0 Å². The van der Waals surface area contributed by atoms with E-state index in [1.165, 1.54) is 0 Å². The van der Waals surface area contributed by atoms with Gasteiger partial charge in [0.25, 0.3) is 0 Å². The molecule has 0 rings (SSSR count). The molecule has 0 aromatic heterocycles. The van der Waals surface area contributed by atoms with Crippen LogP contribution in [-0.2, 0) is 0 Å². The van der Waals surface area contributed by atoms with Crippen LogP contribution in [0, 0.1) is 0 Å². The Balaban J connectivity index is 2.34. The predicted octanol–water partition coefficient (Wildman–Crippen LogP) is 0.594. The monoisotopic (exact) mass is 109 g/mol. The molecule has 0 aliphatic heterocycles. The topological polar surface area (TPSA) is 32.3 Å². The number of nitrogens with one attached hydrogen (secondary N) is 1. The maximum atomic E-state index is 7.89. The van der Waals surface area contributed by atoms with Crippen LogP contribution in [0.4, 0.5) is 0 Å². The minimum Gasteiger partial charge on any atom is -0.317 e. The van der Waals surface area contributed by atoms with E-state index in [0.717, 1.165) is 6.42 Å². The summed E-state index contributed by atoms with van der Waals surface area (Å²) in [5.74, 6) is 0.605. The van der Waals surface area contributed by atoms with Crippen molar-refractivity contribution in [3.63, 3.8) is 0 Å². The van der Waals surface area contributed by atoms with Gasteiger partial charge in [0.15, 0.2) is 0 Å². The van der Waals surface area contributed by atoms with Crippen LogP contribution < -0.4 is 5.48 Å². The molecule has 0 saturated carbocycles. The van der Waals surface area contributed by atoms with E-state index >= 15 is 0 Å². The Kier molecular flexibility index (Phi) is 5.39. The van der Waals surface area contributed by atoms with Crippen LogP contribution in [0.1, 0.15) is 6.42 Å². The first kappa shape index (κ1) is 6.21. The molecule has 0 fully saturated rings. The highest BCUT2D eigenvalue weighted by atomic mass is 35.5. The maximum Gasteiger partial charge on any atom is 0.0236 e. The summed E-state index contributed by atoms with van der Waals surface area (Å²) in [5, 5.41) is 7.89. The smallest absolute Gasteiger partial charge is 0.0236 e. The first-order valence-electron chi connectivity index (χ1n) is 1.84. The third-order valence-electron chi connectivity index (χ3n) is 0.422. The van der Waals surface area contributed by atoms with Gasteiger partial charge in [-0.05, 0) is 6.42 Å². The average Bonchev–Trinajstić information content (AvgIpc) is 1.61. The lowest BCUT2D eigenvalue weighted by molar-refractivity contribution is 0.167. The fourth-order valence-electron chi connectivity index (χ4n) is 0.146. The first-order chi connectivity index (χ1) is 2.91. The zero-order valence-electron chi connectivity index (χ0n) is 3.45. The maximum absolute atomic E-state index is 7.89. The van der Waals surface area contributed by atoms with E-state index in [2.05, 4.69) is 0 Å². The zero-order valence-corrected chi connectivity index (χ0v) is 4.20.